The lowest BCUT2D eigenvalue weighted by Crippen LogP contribution is -2.48. The van der Waals surface area contributed by atoms with E-state index >= 15 is 0 Å². The van der Waals surface area contributed by atoms with Gasteiger partial charge in [-0.05, 0) is 25.3 Å². The number of nitrogens with zero attached hydrogens (tertiary/aromatic N) is 1. The molecule has 0 spiro atoms. The molecular weight excluding hydrogens is 402 g/mol. The molecule has 172 valence electrons. The number of hydrogen-bond donors (Lipinski definition) is 0. The molecule has 1 amide bonds. The van der Waals surface area contributed by atoms with Crippen LogP contribution < -0.4 is 14.2 Å². The Balaban J connectivity index is 2.03. The summed E-state index contributed by atoms with van der Waals surface area (Å²) in [6.07, 6.45) is 2.10. The molecule has 1 atom stereocenters. The van der Waals surface area contributed by atoms with Crippen LogP contribution in [0.5, 0.6) is 17.2 Å². The largest absolute Gasteiger partial charge is 0.493 e. The number of hydrogen-bond acceptors (Lipinski definition) is 7. The van der Waals surface area contributed by atoms with E-state index in [0.29, 0.717) is 49.5 Å². The third-order valence-corrected chi connectivity index (χ3v) is 5.88. The molecule has 2 rings (SSSR count). The Kier molecular flexibility index (Phi) is 8.30. The maximum Gasteiger partial charge on any atom is 0.328 e. The van der Waals surface area contributed by atoms with Crippen LogP contribution in [0.4, 0.5) is 0 Å². The van der Waals surface area contributed by atoms with Crippen molar-refractivity contribution in [2.75, 3.05) is 34.5 Å². The Morgan fingerprint density at radius 3 is 2.32 bits per heavy atom. The van der Waals surface area contributed by atoms with Gasteiger partial charge in [-0.25, -0.2) is 4.79 Å². The zero-order valence-corrected chi connectivity index (χ0v) is 19.3. The topological polar surface area (TPSA) is 91.4 Å². The lowest BCUT2D eigenvalue weighted by molar-refractivity contribution is -0.157. The molecule has 0 bridgehead atoms. The zero-order valence-electron chi connectivity index (χ0n) is 19.3. The number of Topliss-reactive ketones (excluding diaryl/α,β-unsaturated/α-hetero) is 1. The van der Waals surface area contributed by atoms with Crippen molar-refractivity contribution in [3.05, 3.63) is 17.7 Å². The number of rotatable bonds is 10. The molecule has 0 radical (unpaired) electrons. The van der Waals surface area contributed by atoms with Crippen LogP contribution in [0.1, 0.15) is 45.6 Å². The number of carbonyl (C=O) groups is 3. The third-order valence-electron chi connectivity index (χ3n) is 5.88. The first-order valence-corrected chi connectivity index (χ1v) is 10.5. The Morgan fingerprint density at radius 2 is 1.74 bits per heavy atom. The minimum Gasteiger partial charge on any atom is -0.493 e. The number of ether oxygens (including phenoxy) is 4. The average molecular weight is 436 g/mol. The van der Waals surface area contributed by atoms with E-state index in [2.05, 4.69) is 0 Å². The van der Waals surface area contributed by atoms with Crippen LogP contribution >= 0.6 is 0 Å². The number of amides is 1. The van der Waals surface area contributed by atoms with Crippen molar-refractivity contribution in [3.8, 4) is 17.2 Å². The van der Waals surface area contributed by atoms with Crippen LogP contribution in [-0.4, -0.2) is 63.1 Å². The molecule has 8 heteroatoms. The first-order chi connectivity index (χ1) is 14.7. The summed E-state index contributed by atoms with van der Waals surface area (Å²) >= 11 is 0. The number of ketones is 1. The highest BCUT2D eigenvalue weighted by molar-refractivity contribution is 6.38. The first kappa shape index (κ1) is 24.5. The molecule has 1 aromatic rings. The minimum atomic E-state index is -0.752. The van der Waals surface area contributed by atoms with Gasteiger partial charge in [0.2, 0.25) is 11.5 Å². The lowest BCUT2D eigenvalue weighted by atomic mass is 9.84. The van der Waals surface area contributed by atoms with Gasteiger partial charge < -0.3 is 23.8 Å². The molecule has 1 aliphatic heterocycles. The van der Waals surface area contributed by atoms with Gasteiger partial charge in [-0.3, -0.25) is 9.59 Å². The normalized spacial score (nSPS) is 16.1. The maximum absolute atomic E-state index is 12.7. The van der Waals surface area contributed by atoms with E-state index in [1.165, 1.54) is 19.1 Å². The van der Waals surface area contributed by atoms with E-state index in [4.69, 9.17) is 18.9 Å². The maximum atomic E-state index is 12.7. The lowest BCUT2D eigenvalue weighted by Gasteiger charge is -2.27. The Bertz CT molecular complexity index is 818. The number of esters is 1. The monoisotopic (exact) mass is 435 g/mol. The SMILES string of the molecule is CCC(C)(C)C(=O)C(=O)N1CCC[C@H]1C(=O)OCCc1ccc(OC)c(OC)c1OC. The summed E-state index contributed by atoms with van der Waals surface area (Å²) in [5.41, 5.74) is 0.0464. The second-order valence-corrected chi connectivity index (χ2v) is 8.13. The second-order valence-electron chi connectivity index (χ2n) is 8.13. The van der Waals surface area contributed by atoms with Gasteiger partial charge in [0.05, 0.1) is 27.9 Å². The molecule has 1 aromatic carbocycles. The highest BCUT2D eigenvalue weighted by Gasteiger charge is 2.41. The Labute approximate surface area is 183 Å². The van der Waals surface area contributed by atoms with Crippen LogP contribution in [0.3, 0.4) is 0 Å². The molecule has 1 saturated heterocycles. The van der Waals surface area contributed by atoms with Gasteiger partial charge in [-0.2, -0.15) is 0 Å². The van der Waals surface area contributed by atoms with E-state index in [1.54, 1.807) is 27.0 Å². The van der Waals surface area contributed by atoms with Crippen molar-refractivity contribution in [2.24, 2.45) is 5.41 Å². The summed E-state index contributed by atoms with van der Waals surface area (Å²) in [7, 11) is 4.60. The van der Waals surface area contributed by atoms with Crippen LogP contribution in [0.2, 0.25) is 0 Å². The molecule has 0 saturated carbocycles. The van der Waals surface area contributed by atoms with Crippen molar-refractivity contribution in [1.29, 1.82) is 0 Å². The summed E-state index contributed by atoms with van der Waals surface area (Å²) in [5, 5.41) is 0. The highest BCUT2D eigenvalue weighted by Crippen LogP contribution is 2.39. The van der Waals surface area contributed by atoms with Crippen molar-refractivity contribution in [3.63, 3.8) is 0 Å². The van der Waals surface area contributed by atoms with Gasteiger partial charge in [0.15, 0.2) is 11.5 Å². The van der Waals surface area contributed by atoms with E-state index in [1.807, 2.05) is 13.0 Å². The van der Waals surface area contributed by atoms with Crippen molar-refractivity contribution in [2.45, 2.75) is 52.5 Å². The molecular formula is C23H33NO7. The molecule has 0 unspecified atom stereocenters. The molecule has 0 aromatic heterocycles. The van der Waals surface area contributed by atoms with Gasteiger partial charge in [-0.1, -0.05) is 26.8 Å². The predicted molar refractivity (Wildman–Crippen MR) is 115 cm³/mol. The molecule has 31 heavy (non-hydrogen) atoms. The number of carbonyl (C=O) groups excluding carboxylic acids is 3. The summed E-state index contributed by atoms with van der Waals surface area (Å²) in [6.45, 7) is 5.84. The smallest absolute Gasteiger partial charge is 0.328 e. The summed E-state index contributed by atoms with van der Waals surface area (Å²) in [4.78, 5) is 39.3. The Hall–Kier alpha value is -2.77. The molecule has 1 heterocycles. The fourth-order valence-corrected chi connectivity index (χ4v) is 3.55. The van der Waals surface area contributed by atoms with Gasteiger partial charge in [0.1, 0.15) is 6.04 Å². The van der Waals surface area contributed by atoms with E-state index in [9.17, 15) is 14.4 Å². The highest BCUT2D eigenvalue weighted by atomic mass is 16.5. The predicted octanol–water partition coefficient (Wildman–Crippen LogP) is 2.79. The van der Waals surface area contributed by atoms with E-state index in [0.717, 1.165) is 5.56 Å². The molecule has 0 N–H and O–H groups in total. The van der Waals surface area contributed by atoms with Gasteiger partial charge in [0, 0.05) is 23.9 Å². The number of methoxy groups -OCH3 is 3. The molecule has 0 aliphatic carbocycles. The minimum absolute atomic E-state index is 0.109. The number of likely N-dealkylation sites (tertiary alicyclic amines) is 1. The van der Waals surface area contributed by atoms with E-state index in [-0.39, 0.29) is 6.61 Å². The molecule has 1 aliphatic rings. The quantitative estimate of drug-likeness (QED) is 0.412. The molecule has 8 nitrogen and oxygen atoms in total. The average Bonchev–Trinajstić information content (AvgIpc) is 3.27. The van der Waals surface area contributed by atoms with Crippen molar-refractivity contribution in [1.82, 2.24) is 4.90 Å². The second kappa shape index (κ2) is 10.5. The van der Waals surface area contributed by atoms with Crippen LogP contribution in [-0.2, 0) is 25.5 Å². The fraction of sp³-hybridized carbons (Fsp3) is 0.609. The van der Waals surface area contributed by atoms with Gasteiger partial charge >= 0.3 is 5.97 Å². The van der Waals surface area contributed by atoms with Gasteiger partial charge in [-0.15, -0.1) is 0 Å². The van der Waals surface area contributed by atoms with Crippen molar-refractivity contribution >= 4 is 17.7 Å². The summed E-state index contributed by atoms with van der Waals surface area (Å²) < 4.78 is 21.6. The molecule has 1 fully saturated rings. The summed E-state index contributed by atoms with van der Waals surface area (Å²) in [5.74, 6) is -0.0358. The fourth-order valence-electron chi connectivity index (χ4n) is 3.55. The summed E-state index contributed by atoms with van der Waals surface area (Å²) in [6, 6.07) is 2.86. The Morgan fingerprint density at radius 1 is 1.06 bits per heavy atom. The van der Waals surface area contributed by atoms with Crippen LogP contribution in [0, 0.1) is 5.41 Å². The van der Waals surface area contributed by atoms with E-state index < -0.39 is 29.1 Å². The first-order valence-electron chi connectivity index (χ1n) is 10.5. The zero-order chi connectivity index (χ0) is 23.2. The standard InChI is InChI=1S/C23H33NO7/c1-7-23(2,3)20(25)21(26)24-13-8-9-16(24)22(27)31-14-12-15-10-11-17(28-4)19(30-6)18(15)29-5/h10-11,16H,7-9,12-14H2,1-6H3/t16-/m0/s1. The van der Waals surface area contributed by atoms with Crippen molar-refractivity contribution < 1.29 is 33.3 Å². The van der Waals surface area contributed by atoms with Gasteiger partial charge in [0.25, 0.3) is 5.91 Å². The third kappa shape index (κ3) is 5.29. The van der Waals surface area contributed by atoms with Crippen LogP contribution in [0.25, 0.3) is 0 Å². The van der Waals surface area contributed by atoms with Crippen LogP contribution in [0.15, 0.2) is 12.1 Å². The number of benzene rings is 1.